The van der Waals surface area contributed by atoms with E-state index in [4.69, 9.17) is 4.74 Å². The molecule has 174 valence electrons. The molecule has 0 saturated carbocycles. The molecule has 0 amide bonds. The molecular weight excluding hydrogens is 466 g/mol. The number of hydrogen-bond donors (Lipinski definition) is 0. The van der Waals surface area contributed by atoms with Crippen LogP contribution in [0.5, 0.6) is 0 Å². The van der Waals surface area contributed by atoms with E-state index in [1.54, 1.807) is 0 Å². The predicted octanol–water partition coefficient (Wildman–Crippen LogP) is 5.11. The molecule has 0 aliphatic heterocycles. The van der Waals surface area contributed by atoms with Gasteiger partial charge >= 0.3 is 5.97 Å². The number of hydrogen-bond acceptors (Lipinski definition) is 8. The number of carbonyl (C=O) groups excluding carboxylic acids is 1. The minimum atomic E-state index is -0.299. The van der Waals surface area contributed by atoms with Crippen molar-refractivity contribution in [2.24, 2.45) is 0 Å². The Balaban J connectivity index is 1.48. The zero-order valence-electron chi connectivity index (χ0n) is 19.3. The summed E-state index contributed by atoms with van der Waals surface area (Å²) in [6.07, 6.45) is 0. The molecule has 0 aliphatic carbocycles. The summed E-state index contributed by atoms with van der Waals surface area (Å²) in [4.78, 5) is 21.3. The van der Waals surface area contributed by atoms with Gasteiger partial charge in [-0.3, -0.25) is 9.36 Å². The van der Waals surface area contributed by atoms with Gasteiger partial charge in [-0.05, 0) is 44.5 Å². The second kappa shape index (κ2) is 11.3. The molecule has 4 rings (SSSR count). The van der Waals surface area contributed by atoms with Crippen molar-refractivity contribution >= 4 is 29.5 Å². The Hall–Kier alpha value is -3.17. The van der Waals surface area contributed by atoms with Crippen molar-refractivity contribution in [2.45, 2.75) is 43.4 Å². The van der Waals surface area contributed by atoms with Crippen LogP contribution < -0.4 is 0 Å². The van der Waals surface area contributed by atoms with Gasteiger partial charge < -0.3 is 4.74 Å². The zero-order valence-corrected chi connectivity index (χ0v) is 20.9. The molecule has 7 nitrogen and oxygen atoms in total. The van der Waals surface area contributed by atoms with Crippen LogP contribution in [0.4, 0.5) is 0 Å². The van der Waals surface area contributed by atoms with Crippen LogP contribution in [0.1, 0.15) is 28.3 Å². The number of aromatic nitrogens is 5. The maximum atomic E-state index is 12.3. The fourth-order valence-corrected chi connectivity index (χ4v) is 4.86. The van der Waals surface area contributed by atoms with Gasteiger partial charge in [-0.2, -0.15) is 0 Å². The molecule has 0 saturated heterocycles. The van der Waals surface area contributed by atoms with Crippen molar-refractivity contribution in [3.05, 3.63) is 89.0 Å². The summed E-state index contributed by atoms with van der Waals surface area (Å²) in [7, 11) is 0. The molecule has 0 atom stereocenters. The molecule has 9 heteroatoms. The van der Waals surface area contributed by atoms with Crippen LogP contribution in [-0.4, -0.2) is 36.5 Å². The van der Waals surface area contributed by atoms with E-state index in [0.717, 1.165) is 34.0 Å². The van der Waals surface area contributed by atoms with E-state index in [0.29, 0.717) is 16.1 Å². The van der Waals surface area contributed by atoms with E-state index in [1.165, 1.54) is 23.5 Å². The van der Waals surface area contributed by atoms with Crippen LogP contribution in [0.15, 0.2) is 71.0 Å². The second-order valence-electron chi connectivity index (χ2n) is 7.73. The number of carbonyl (C=O) groups is 1. The van der Waals surface area contributed by atoms with Crippen molar-refractivity contribution in [3.63, 3.8) is 0 Å². The molecule has 0 fully saturated rings. The molecule has 4 aromatic rings. The monoisotopic (exact) mass is 491 g/mol. The third kappa shape index (κ3) is 6.45. The van der Waals surface area contributed by atoms with Gasteiger partial charge in [0.25, 0.3) is 0 Å². The first-order valence-electron chi connectivity index (χ1n) is 10.8. The van der Waals surface area contributed by atoms with Gasteiger partial charge in [0.05, 0.1) is 11.5 Å². The van der Waals surface area contributed by atoms with E-state index in [1.807, 2.05) is 86.0 Å². The lowest BCUT2D eigenvalue weighted by Gasteiger charge is -2.11. The minimum Gasteiger partial charge on any atom is -0.460 e. The van der Waals surface area contributed by atoms with Gasteiger partial charge in [0.2, 0.25) is 0 Å². The number of aryl methyl sites for hydroxylation is 3. The SMILES string of the molecule is Cc1ccc(-n2c(CSc3nc(C)cc(C)n3)nnc2SCC(=O)OCc2ccccc2)cc1. The smallest absolute Gasteiger partial charge is 0.316 e. The van der Waals surface area contributed by atoms with Crippen molar-refractivity contribution in [3.8, 4) is 5.69 Å². The Morgan fingerprint density at radius 2 is 1.62 bits per heavy atom. The van der Waals surface area contributed by atoms with Crippen molar-refractivity contribution in [2.75, 3.05) is 5.75 Å². The quantitative estimate of drug-likeness (QED) is 0.181. The first-order valence-corrected chi connectivity index (χ1v) is 12.7. The Morgan fingerprint density at radius 1 is 0.912 bits per heavy atom. The van der Waals surface area contributed by atoms with Gasteiger partial charge in [-0.25, -0.2) is 9.97 Å². The molecule has 0 unspecified atom stereocenters. The summed E-state index contributed by atoms with van der Waals surface area (Å²) in [5.74, 6) is 1.15. The molecule has 2 aromatic carbocycles. The normalized spacial score (nSPS) is 10.9. The topological polar surface area (TPSA) is 82.8 Å². The average molecular weight is 492 g/mol. The maximum absolute atomic E-state index is 12.3. The van der Waals surface area contributed by atoms with Crippen LogP contribution in [0, 0.1) is 20.8 Å². The first kappa shape index (κ1) is 24.0. The third-order valence-electron chi connectivity index (χ3n) is 4.85. The van der Waals surface area contributed by atoms with Crippen LogP contribution in [0.25, 0.3) is 5.69 Å². The zero-order chi connectivity index (χ0) is 23.9. The summed E-state index contributed by atoms with van der Waals surface area (Å²) in [6.45, 7) is 6.21. The third-order valence-corrected chi connectivity index (χ3v) is 6.59. The van der Waals surface area contributed by atoms with Gasteiger partial charge in [-0.15, -0.1) is 10.2 Å². The summed E-state index contributed by atoms with van der Waals surface area (Å²) in [5.41, 5.74) is 4.92. The summed E-state index contributed by atoms with van der Waals surface area (Å²) < 4.78 is 7.38. The number of benzene rings is 2. The summed E-state index contributed by atoms with van der Waals surface area (Å²) in [5, 5.41) is 10.1. The Bertz CT molecular complexity index is 1240. The molecule has 0 aliphatic rings. The van der Waals surface area contributed by atoms with Gasteiger partial charge in [0, 0.05) is 17.1 Å². The first-order chi connectivity index (χ1) is 16.5. The van der Waals surface area contributed by atoms with Crippen LogP contribution in [0.2, 0.25) is 0 Å². The fourth-order valence-electron chi connectivity index (χ4n) is 3.23. The standard InChI is InChI=1S/C25H25N5O2S2/c1-17-9-11-21(12-10-17)30-22(15-33-24-26-18(2)13-19(3)27-24)28-29-25(30)34-16-23(31)32-14-20-7-5-4-6-8-20/h4-13H,14-16H2,1-3H3. The molecule has 2 aromatic heterocycles. The molecule has 0 N–H and O–H groups in total. The van der Waals surface area contributed by atoms with Crippen LogP contribution in [0.3, 0.4) is 0 Å². The van der Waals surface area contributed by atoms with Crippen molar-refractivity contribution in [1.82, 2.24) is 24.7 Å². The Labute approximate surface area is 207 Å². The number of nitrogens with zero attached hydrogens (tertiary/aromatic N) is 5. The lowest BCUT2D eigenvalue weighted by atomic mass is 10.2. The Kier molecular flexibility index (Phi) is 7.97. The molecule has 34 heavy (non-hydrogen) atoms. The Morgan fingerprint density at radius 3 is 2.32 bits per heavy atom. The number of esters is 1. The summed E-state index contributed by atoms with van der Waals surface area (Å²) >= 11 is 2.82. The van der Waals surface area contributed by atoms with Crippen LogP contribution >= 0.6 is 23.5 Å². The van der Waals surface area contributed by atoms with E-state index in [9.17, 15) is 4.79 Å². The van der Waals surface area contributed by atoms with Gasteiger partial charge in [0.15, 0.2) is 10.3 Å². The van der Waals surface area contributed by atoms with Crippen LogP contribution in [-0.2, 0) is 21.9 Å². The highest BCUT2D eigenvalue weighted by Gasteiger charge is 2.17. The fraction of sp³-hybridized carbons (Fsp3) is 0.240. The van der Waals surface area contributed by atoms with E-state index >= 15 is 0 Å². The predicted molar refractivity (Wildman–Crippen MR) is 134 cm³/mol. The molecule has 0 spiro atoms. The highest BCUT2D eigenvalue weighted by Crippen LogP contribution is 2.26. The number of rotatable bonds is 9. The van der Waals surface area contributed by atoms with E-state index in [-0.39, 0.29) is 18.3 Å². The lowest BCUT2D eigenvalue weighted by molar-refractivity contribution is -0.141. The molecule has 0 radical (unpaired) electrons. The molecular formula is C25H25N5O2S2. The second-order valence-corrected chi connectivity index (χ2v) is 9.61. The molecule has 0 bridgehead atoms. The molecule has 2 heterocycles. The number of thioether (sulfide) groups is 2. The van der Waals surface area contributed by atoms with E-state index < -0.39 is 0 Å². The van der Waals surface area contributed by atoms with Crippen molar-refractivity contribution in [1.29, 1.82) is 0 Å². The maximum Gasteiger partial charge on any atom is 0.316 e. The summed E-state index contributed by atoms with van der Waals surface area (Å²) in [6, 6.07) is 19.7. The van der Waals surface area contributed by atoms with Gasteiger partial charge in [-0.1, -0.05) is 71.6 Å². The minimum absolute atomic E-state index is 0.143. The highest BCUT2D eigenvalue weighted by molar-refractivity contribution is 7.99. The number of ether oxygens (including phenoxy) is 1. The van der Waals surface area contributed by atoms with Gasteiger partial charge in [0.1, 0.15) is 12.4 Å². The lowest BCUT2D eigenvalue weighted by Crippen LogP contribution is -2.09. The average Bonchev–Trinajstić information content (AvgIpc) is 3.23. The highest BCUT2D eigenvalue weighted by atomic mass is 32.2. The van der Waals surface area contributed by atoms with E-state index in [2.05, 4.69) is 20.2 Å². The largest absolute Gasteiger partial charge is 0.460 e. The van der Waals surface area contributed by atoms with Crippen molar-refractivity contribution < 1.29 is 9.53 Å².